The fraction of sp³-hybridized carbons (Fsp3) is 0.176. The van der Waals surface area contributed by atoms with E-state index in [4.69, 9.17) is 9.47 Å². The molecule has 3 rings (SSSR count). The van der Waals surface area contributed by atoms with Gasteiger partial charge in [0.2, 0.25) is 11.9 Å². The van der Waals surface area contributed by atoms with Crippen LogP contribution in [0.1, 0.15) is 28.9 Å². The monoisotopic (exact) mass is 330 g/mol. The zero-order chi connectivity index (χ0) is 17.4. The van der Waals surface area contributed by atoms with Gasteiger partial charge < -0.3 is 24.8 Å². The summed E-state index contributed by atoms with van der Waals surface area (Å²) in [5, 5.41) is 28.9. The lowest BCUT2D eigenvalue weighted by molar-refractivity contribution is -0.148. The topological polar surface area (TPSA) is 113 Å². The smallest absolute Gasteiger partial charge is 0.303 e. The van der Waals surface area contributed by atoms with Gasteiger partial charge in [0, 0.05) is 19.1 Å². The summed E-state index contributed by atoms with van der Waals surface area (Å²) < 4.78 is 10.8. The maximum atomic E-state index is 12.7. The first-order valence-electron chi connectivity index (χ1n) is 7.10. The number of ether oxygens (including phenoxy) is 2. The molecule has 2 aromatic rings. The van der Waals surface area contributed by atoms with Gasteiger partial charge in [-0.05, 0) is 17.7 Å². The Morgan fingerprint density at radius 2 is 1.75 bits per heavy atom. The van der Waals surface area contributed by atoms with Crippen LogP contribution >= 0.6 is 0 Å². The second-order valence-electron chi connectivity index (χ2n) is 5.36. The highest BCUT2D eigenvalue weighted by atomic mass is 16.6. The lowest BCUT2D eigenvalue weighted by Gasteiger charge is -2.32. The van der Waals surface area contributed by atoms with Gasteiger partial charge in [-0.15, -0.1) is 0 Å². The number of rotatable bonds is 2. The standard InChI is InChI=1S/C17H14O7/c1-8(18)23-17-15(22)14-12(21)6-11(20)7-13(14)24-16(17)9-2-4-10(19)5-3-9/h2-7,16-17,19-21H,1H3/t16-,17-/m1/s1. The molecule has 7 nitrogen and oxygen atoms in total. The van der Waals surface area contributed by atoms with Crippen LogP contribution in [0.2, 0.25) is 0 Å². The number of esters is 1. The molecule has 0 bridgehead atoms. The number of fused-ring (bicyclic) bond motifs is 1. The predicted molar refractivity (Wildman–Crippen MR) is 81.1 cm³/mol. The average molecular weight is 330 g/mol. The fourth-order valence-electron chi connectivity index (χ4n) is 2.61. The molecule has 0 saturated heterocycles. The van der Waals surface area contributed by atoms with Crippen LogP contribution in [0.15, 0.2) is 36.4 Å². The highest BCUT2D eigenvalue weighted by molar-refractivity contribution is 6.06. The first-order chi connectivity index (χ1) is 11.4. The van der Waals surface area contributed by atoms with E-state index in [0.717, 1.165) is 13.0 Å². The molecule has 1 aliphatic rings. The van der Waals surface area contributed by atoms with Gasteiger partial charge in [-0.1, -0.05) is 12.1 Å². The fourth-order valence-corrected chi connectivity index (χ4v) is 2.61. The lowest BCUT2D eigenvalue weighted by Crippen LogP contribution is -2.39. The summed E-state index contributed by atoms with van der Waals surface area (Å²) in [5.41, 5.74) is 0.329. The third-order valence-electron chi connectivity index (χ3n) is 3.61. The van der Waals surface area contributed by atoms with Crippen molar-refractivity contribution in [3.05, 3.63) is 47.5 Å². The number of benzene rings is 2. The van der Waals surface area contributed by atoms with E-state index in [2.05, 4.69) is 0 Å². The minimum atomic E-state index is -1.30. The largest absolute Gasteiger partial charge is 0.508 e. The van der Waals surface area contributed by atoms with E-state index in [1.807, 2.05) is 0 Å². The summed E-state index contributed by atoms with van der Waals surface area (Å²) in [4.78, 5) is 24.1. The summed E-state index contributed by atoms with van der Waals surface area (Å²) >= 11 is 0. The number of phenolic OH excluding ortho intramolecular Hbond substituents is 3. The van der Waals surface area contributed by atoms with E-state index in [0.29, 0.717) is 5.56 Å². The molecule has 0 spiro atoms. The van der Waals surface area contributed by atoms with Gasteiger partial charge in [-0.3, -0.25) is 9.59 Å². The highest BCUT2D eigenvalue weighted by Crippen LogP contribution is 2.42. The van der Waals surface area contributed by atoms with Gasteiger partial charge in [0.1, 0.15) is 28.6 Å². The van der Waals surface area contributed by atoms with Crippen LogP contribution in [0.25, 0.3) is 0 Å². The Balaban J connectivity index is 2.11. The van der Waals surface area contributed by atoms with Crippen LogP contribution in [0, 0.1) is 0 Å². The summed E-state index contributed by atoms with van der Waals surface area (Å²) in [6, 6.07) is 8.07. The van der Waals surface area contributed by atoms with Gasteiger partial charge >= 0.3 is 5.97 Å². The minimum Gasteiger partial charge on any atom is -0.508 e. The molecular formula is C17H14O7. The summed E-state index contributed by atoms with van der Waals surface area (Å²) in [6.07, 6.45) is -2.27. The lowest BCUT2D eigenvalue weighted by atomic mass is 9.92. The van der Waals surface area contributed by atoms with Gasteiger partial charge in [0.05, 0.1) is 0 Å². The van der Waals surface area contributed by atoms with E-state index in [1.54, 1.807) is 0 Å². The van der Waals surface area contributed by atoms with Crippen molar-refractivity contribution in [1.29, 1.82) is 0 Å². The molecule has 0 amide bonds. The molecule has 24 heavy (non-hydrogen) atoms. The number of aromatic hydroxyl groups is 3. The number of Topliss-reactive ketones (excluding diaryl/α,β-unsaturated/α-hetero) is 1. The van der Waals surface area contributed by atoms with Crippen molar-refractivity contribution in [3.63, 3.8) is 0 Å². The van der Waals surface area contributed by atoms with Crippen LogP contribution in [0.4, 0.5) is 0 Å². The zero-order valence-electron chi connectivity index (χ0n) is 12.6. The quantitative estimate of drug-likeness (QED) is 0.722. The van der Waals surface area contributed by atoms with Gasteiger partial charge in [-0.25, -0.2) is 0 Å². The first-order valence-corrected chi connectivity index (χ1v) is 7.10. The zero-order valence-corrected chi connectivity index (χ0v) is 12.6. The molecule has 124 valence electrons. The number of hydrogen-bond donors (Lipinski definition) is 3. The van der Waals surface area contributed by atoms with E-state index < -0.39 is 29.7 Å². The predicted octanol–water partition coefficient (Wildman–Crippen LogP) is 2.05. The molecule has 0 aromatic heterocycles. The molecule has 0 unspecified atom stereocenters. The van der Waals surface area contributed by atoms with Gasteiger partial charge in [-0.2, -0.15) is 0 Å². The van der Waals surface area contributed by atoms with Gasteiger partial charge in [0.25, 0.3) is 0 Å². The highest BCUT2D eigenvalue weighted by Gasteiger charge is 2.42. The molecule has 3 N–H and O–H groups in total. The molecule has 2 atom stereocenters. The van der Waals surface area contributed by atoms with E-state index in [-0.39, 0.29) is 22.8 Å². The van der Waals surface area contributed by atoms with Crippen LogP contribution < -0.4 is 4.74 Å². The summed E-state index contributed by atoms with van der Waals surface area (Å²) in [6.45, 7) is 1.16. The van der Waals surface area contributed by atoms with Crippen molar-refractivity contribution in [2.45, 2.75) is 19.1 Å². The molecule has 1 aliphatic heterocycles. The van der Waals surface area contributed by atoms with Crippen molar-refractivity contribution in [3.8, 4) is 23.0 Å². The normalized spacial score (nSPS) is 19.3. The Kier molecular flexibility index (Phi) is 3.76. The molecule has 0 radical (unpaired) electrons. The Hall–Kier alpha value is -3.22. The van der Waals surface area contributed by atoms with Crippen molar-refractivity contribution in [1.82, 2.24) is 0 Å². The SMILES string of the molecule is CC(=O)O[C@@H]1C(=O)c2c(O)cc(O)cc2O[C@@H]1c1ccc(O)cc1. The van der Waals surface area contributed by atoms with Crippen LogP contribution in [0.5, 0.6) is 23.0 Å². The van der Waals surface area contributed by atoms with E-state index in [9.17, 15) is 24.9 Å². The van der Waals surface area contributed by atoms with Crippen molar-refractivity contribution < 1.29 is 34.4 Å². The number of ketones is 1. The Labute approximate surface area is 136 Å². The number of carbonyl (C=O) groups excluding carboxylic acids is 2. The Bertz CT molecular complexity index is 810. The third-order valence-corrected chi connectivity index (χ3v) is 3.61. The van der Waals surface area contributed by atoms with E-state index >= 15 is 0 Å². The molecule has 0 saturated carbocycles. The van der Waals surface area contributed by atoms with Crippen LogP contribution in [-0.2, 0) is 9.53 Å². The number of hydrogen-bond acceptors (Lipinski definition) is 7. The van der Waals surface area contributed by atoms with Crippen molar-refractivity contribution in [2.75, 3.05) is 0 Å². The Morgan fingerprint density at radius 3 is 2.38 bits per heavy atom. The molecule has 0 aliphatic carbocycles. The maximum Gasteiger partial charge on any atom is 0.303 e. The van der Waals surface area contributed by atoms with Gasteiger partial charge in [0.15, 0.2) is 6.10 Å². The number of carbonyl (C=O) groups is 2. The maximum absolute atomic E-state index is 12.7. The van der Waals surface area contributed by atoms with Crippen molar-refractivity contribution in [2.24, 2.45) is 0 Å². The molecule has 0 fully saturated rings. The third kappa shape index (κ3) is 2.71. The molecule has 2 aromatic carbocycles. The van der Waals surface area contributed by atoms with Crippen LogP contribution in [0.3, 0.4) is 0 Å². The van der Waals surface area contributed by atoms with E-state index in [1.165, 1.54) is 30.3 Å². The average Bonchev–Trinajstić information content (AvgIpc) is 2.49. The van der Waals surface area contributed by atoms with Crippen LogP contribution in [-0.4, -0.2) is 33.2 Å². The summed E-state index contributed by atoms with van der Waals surface area (Å²) in [5.74, 6) is -2.03. The molecule has 7 heteroatoms. The molecular weight excluding hydrogens is 316 g/mol. The second kappa shape index (κ2) is 5.77. The first kappa shape index (κ1) is 15.7. The van der Waals surface area contributed by atoms with Crippen molar-refractivity contribution >= 4 is 11.8 Å². The number of phenols is 3. The second-order valence-corrected chi connectivity index (χ2v) is 5.36. The summed E-state index contributed by atoms with van der Waals surface area (Å²) in [7, 11) is 0. The molecule has 1 heterocycles. The minimum absolute atomic E-state index is 0.0148. The Morgan fingerprint density at radius 1 is 1.08 bits per heavy atom.